The van der Waals surface area contributed by atoms with Crippen molar-refractivity contribution in [1.29, 1.82) is 5.26 Å². The molecule has 1 unspecified atom stereocenters. The number of carbonyl (C=O) groups excluding carboxylic acids is 1. The van der Waals surface area contributed by atoms with Gasteiger partial charge in [0.25, 0.3) is 0 Å². The van der Waals surface area contributed by atoms with Crippen LogP contribution in [0.1, 0.15) is 36.3 Å². The van der Waals surface area contributed by atoms with Crippen molar-refractivity contribution in [2.75, 3.05) is 19.1 Å². The average molecular weight is 532 g/mol. The Hall–Kier alpha value is -3.81. The lowest BCUT2D eigenvalue weighted by molar-refractivity contribution is -0.116. The molecule has 1 aliphatic heterocycles. The number of rotatable bonds is 7. The summed E-state index contributed by atoms with van der Waals surface area (Å²) in [6.45, 7) is 0. The van der Waals surface area contributed by atoms with Crippen LogP contribution in [0.15, 0.2) is 75.5 Å². The number of Topliss-reactive ketones (excluding diaryl/α,β-unsaturated/α-hetero) is 1. The molecule has 1 aromatic heterocycles. The average Bonchev–Trinajstić information content (AvgIpc) is 3.40. The number of nitrogens with zero attached hydrogens (tertiary/aromatic N) is 4. The van der Waals surface area contributed by atoms with Gasteiger partial charge in [-0.3, -0.25) is 9.69 Å². The molecule has 5 rings (SSSR count). The largest absolute Gasteiger partial charge is 0.493 e. The summed E-state index contributed by atoms with van der Waals surface area (Å²) in [5.41, 5.74) is 10.3. The highest BCUT2D eigenvalue weighted by Gasteiger charge is 2.41. The first-order valence-electron chi connectivity index (χ1n) is 11.7. The van der Waals surface area contributed by atoms with E-state index in [-0.39, 0.29) is 11.6 Å². The minimum Gasteiger partial charge on any atom is -0.493 e. The van der Waals surface area contributed by atoms with E-state index in [4.69, 9.17) is 15.2 Å². The lowest BCUT2D eigenvalue weighted by Crippen LogP contribution is -2.38. The topological polar surface area (TPSA) is 114 Å². The van der Waals surface area contributed by atoms with Crippen LogP contribution in [0.5, 0.6) is 11.5 Å². The van der Waals surface area contributed by atoms with E-state index in [1.165, 1.54) is 16.9 Å². The van der Waals surface area contributed by atoms with E-state index in [9.17, 15) is 10.1 Å². The van der Waals surface area contributed by atoms with Gasteiger partial charge in [-0.25, -0.2) is 0 Å². The molecule has 0 saturated heterocycles. The number of ether oxygens (including phenoxy) is 2. The molecule has 0 fully saturated rings. The highest BCUT2D eigenvalue weighted by atomic mass is 32.2. The second-order valence-electron chi connectivity index (χ2n) is 8.56. The Labute approximate surface area is 223 Å². The smallest absolute Gasteiger partial charge is 0.219 e. The molecule has 3 aromatic rings. The zero-order valence-corrected chi connectivity index (χ0v) is 22.1. The lowest BCUT2D eigenvalue weighted by atomic mass is 9.75. The van der Waals surface area contributed by atoms with Crippen molar-refractivity contribution in [1.82, 2.24) is 10.2 Å². The maximum absolute atomic E-state index is 13.3. The molecule has 0 spiro atoms. The zero-order valence-electron chi connectivity index (χ0n) is 20.4. The minimum atomic E-state index is -0.594. The highest BCUT2D eigenvalue weighted by Crippen LogP contribution is 2.48. The van der Waals surface area contributed by atoms with E-state index in [2.05, 4.69) is 28.4 Å². The van der Waals surface area contributed by atoms with Crippen molar-refractivity contribution in [2.45, 2.75) is 35.3 Å². The summed E-state index contributed by atoms with van der Waals surface area (Å²) in [5, 5.41) is 19.5. The van der Waals surface area contributed by atoms with Gasteiger partial charge in [-0.1, -0.05) is 59.5 Å². The SMILES string of the molecule is COc1ccc(C2C(C#N)=C(N)N(c3nnc(SCc4ccccc4)s3)C3=C2C(=O)CCC3)cc1OC. The molecule has 188 valence electrons. The third kappa shape index (κ3) is 4.68. The molecule has 1 atom stereocenters. The van der Waals surface area contributed by atoms with E-state index in [1.54, 1.807) is 43.0 Å². The number of methoxy groups -OCH3 is 2. The molecule has 0 radical (unpaired) electrons. The van der Waals surface area contributed by atoms with Crippen LogP contribution < -0.4 is 20.1 Å². The van der Waals surface area contributed by atoms with Crippen molar-refractivity contribution < 1.29 is 14.3 Å². The quantitative estimate of drug-likeness (QED) is 0.413. The third-order valence-corrected chi connectivity index (χ3v) is 8.56. The summed E-state index contributed by atoms with van der Waals surface area (Å²) in [6.07, 6.45) is 1.77. The molecular formula is C27H25N5O3S2. The second-order valence-corrected chi connectivity index (χ2v) is 10.7. The number of nitrogens with two attached hydrogens (primary N) is 1. The number of hydrogen-bond donors (Lipinski definition) is 1. The van der Waals surface area contributed by atoms with Gasteiger partial charge in [0.15, 0.2) is 21.6 Å². The van der Waals surface area contributed by atoms with Gasteiger partial charge in [0.1, 0.15) is 5.82 Å². The van der Waals surface area contributed by atoms with Crippen molar-refractivity contribution in [3.63, 3.8) is 0 Å². The fourth-order valence-electron chi connectivity index (χ4n) is 4.74. The first-order chi connectivity index (χ1) is 18.0. The van der Waals surface area contributed by atoms with Crippen LogP contribution in [0.25, 0.3) is 0 Å². The number of anilines is 1. The Morgan fingerprint density at radius 3 is 2.65 bits per heavy atom. The van der Waals surface area contributed by atoms with Crippen LogP contribution in [0, 0.1) is 11.3 Å². The maximum atomic E-state index is 13.3. The first kappa shape index (κ1) is 24.9. The fourth-order valence-corrected chi connectivity index (χ4v) is 6.58. The Kier molecular flexibility index (Phi) is 7.17. The summed E-state index contributed by atoms with van der Waals surface area (Å²) in [7, 11) is 3.12. The van der Waals surface area contributed by atoms with Crippen LogP contribution in [0.3, 0.4) is 0 Å². The molecule has 0 bridgehead atoms. The van der Waals surface area contributed by atoms with Crippen LogP contribution in [0.4, 0.5) is 5.13 Å². The van der Waals surface area contributed by atoms with E-state index >= 15 is 0 Å². The van der Waals surface area contributed by atoms with Crippen LogP contribution in [-0.4, -0.2) is 30.2 Å². The van der Waals surface area contributed by atoms with Gasteiger partial charge in [-0.05, 0) is 36.1 Å². The van der Waals surface area contributed by atoms with Gasteiger partial charge in [-0.2, -0.15) is 5.26 Å². The van der Waals surface area contributed by atoms with Crippen LogP contribution in [0.2, 0.25) is 0 Å². The van der Waals surface area contributed by atoms with Gasteiger partial charge < -0.3 is 15.2 Å². The first-order valence-corrected chi connectivity index (χ1v) is 13.5. The van der Waals surface area contributed by atoms with Gasteiger partial charge >= 0.3 is 0 Å². The lowest BCUT2D eigenvalue weighted by Gasteiger charge is -2.38. The van der Waals surface area contributed by atoms with Gasteiger partial charge in [0, 0.05) is 23.4 Å². The highest BCUT2D eigenvalue weighted by molar-refractivity contribution is 8.00. The molecule has 0 amide bonds. The van der Waals surface area contributed by atoms with Gasteiger partial charge in [0.05, 0.1) is 31.8 Å². The second kappa shape index (κ2) is 10.7. The molecule has 2 aliphatic rings. The number of allylic oxidation sites excluding steroid dienone is 3. The monoisotopic (exact) mass is 531 g/mol. The van der Waals surface area contributed by atoms with Crippen molar-refractivity contribution >= 4 is 34.0 Å². The minimum absolute atomic E-state index is 0.00877. The summed E-state index contributed by atoms with van der Waals surface area (Å²) >= 11 is 2.99. The van der Waals surface area contributed by atoms with Crippen LogP contribution in [-0.2, 0) is 10.5 Å². The predicted molar refractivity (Wildman–Crippen MR) is 143 cm³/mol. The van der Waals surface area contributed by atoms with Gasteiger partial charge in [0.2, 0.25) is 5.13 Å². The molecule has 2 heterocycles. The van der Waals surface area contributed by atoms with E-state index in [0.29, 0.717) is 47.0 Å². The molecule has 2 N–H and O–H groups in total. The van der Waals surface area contributed by atoms with Crippen molar-refractivity contribution in [3.8, 4) is 17.6 Å². The predicted octanol–water partition coefficient (Wildman–Crippen LogP) is 5.15. The summed E-state index contributed by atoms with van der Waals surface area (Å²) in [5.74, 6) is 1.54. The van der Waals surface area contributed by atoms with E-state index in [1.807, 2.05) is 24.3 Å². The maximum Gasteiger partial charge on any atom is 0.219 e. The molecule has 2 aromatic carbocycles. The Morgan fingerprint density at radius 1 is 1.14 bits per heavy atom. The molecule has 37 heavy (non-hydrogen) atoms. The number of hydrogen-bond acceptors (Lipinski definition) is 10. The zero-order chi connectivity index (χ0) is 25.9. The Morgan fingerprint density at radius 2 is 1.92 bits per heavy atom. The molecular weight excluding hydrogens is 506 g/mol. The molecule has 0 saturated carbocycles. The number of nitriles is 1. The normalized spacial score (nSPS) is 17.5. The molecule has 8 nitrogen and oxygen atoms in total. The number of benzene rings is 2. The number of aromatic nitrogens is 2. The van der Waals surface area contributed by atoms with E-state index < -0.39 is 5.92 Å². The fraction of sp³-hybridized carbons (Fsp3) is 0.259. The number of thioether (sulfide) groups is 1. The van der Waals surface area contributed by atoms with Crippen molar-refractivity contribution in [2.24, 2.45) is 5.73 Å². The standard InChI is InChI=1S/C27H25N5O3S2/c1-34-21-12-11-17(13-22(21)35-2)23-18(14-28)25(29)32(19-9-6-10-20(33)24(19)23)26-30-31-27(37-26)36-15-16-7-4-3-5-8-16/h3-5,7-8,11-13,23H,6,9-10,15,29H2,1-2H3. The third-order valence-electron chi connectivity index (χ3n) is 6.45. The Bertz CT molecular complexity index is 1440. The Balaban J connectivity index is 1.55. The molecule has 1 aliphatic carbocycles. The summed E-state index contributed by atoms with van der Waals surface area (Å²) in [4.78, 5) is 15.1. The van der Waals surface area contributed by atoms with Crippen molar-refractivity contribution in [3.05, 3.63) is 82.3 Å². The number of carbonyl (C=O) groups is 1. The molecule has 10 heteroatoms. The van der Waals surface area contributed by atoms with Crippen LogP contribution >= 0.6 is 23.1 Å². The summed E-state index contributed by atoms with van der Waals surface area (Å²) < 4.78 is 11.7. The van der Waals surface area contributed by atoms with E-state index in [0.717, 1.165) is 21.4 Å². The summed E-state index contributed by atoms with van der Waals surface area (Å²) in [6, 6.07) is 17.9. The number of ketones is 1. The van der Waals surface area contributed by atoms with Gasteiger partial charge in [-0.15, -0.1) is 10.2 Å².